The van der Waals surface area contributed by atoms with Gasteiger partial charge in [0.05, 0.1) is 51.7 Å². The summed E-state index contributed by atoms with van der Waals surface area (Å²) in [4.78, 5) is 64.2. The monoisotopic (exact) mass is 1130 g/mol. The van der Waals surface area contributed by atoms with Gasteiger partial charge in [0.2, 0.25) is 37.6 Å². The summed E-state index contributed by atoms with van der Waals surface area (Å²) in [6.45, 7) is 7.18. The zero-order valence-electron chi connectivity index (χ0n) is 44.5. The lowest BCUT2D eigenvalue weighted by atomic mass is 9.99. The van der Waals surface area contributed by atoms with E-state index in [9.17, 15) is 45.9 Å². The molecule has 7 rings (SSSR count). The summed E-state index contributed by atoms with van der Waals surface area (Å²) in [6, 6.07) is 25.6. The number of sulfonamides is 1. The number of fused-ring (bicyclic) bond motifs is 1. The Morgan fingerprint density at radius 3 is 2.21 bits per heavy atom. The normalized spacial score (nSPS) is 17.4. The zero-order chi connectivity index (χ0) is 56.0. The smallest absolute Gasteiger partial charge is 0.315 e. The highest BCUT2D eigenvalue weighted by atomic mass is 32.2. The minimum absolute atomic E-state index is 0.0188. The number of aliphatic hydroxyl groups excluding tert-OH is 1. The molecule has 1 aromatic heterocycles. The molecule has 0 spiro atoms. The van der Waals surface area contributed by atoms with E-state index < -0.39 is 44.0 Å². The van der Waals surface area contributed by atoms with Gasteiger partial charge in [-0.2, -0.15) is 16.1 Å². The van der Waals surface area contributed by atoms with Crippen molar-refractivity contribution in [2.24, 2.45) is 5.92 Å². The van der Waals surface area contributed by atoms with Gasteiger partial charge < -0.3 is 31.7 Å². The number of ketones is 1. The average Bonchev–Trinajstić information content (AvgIpc) is 4.19. The van der Waals surface area contributed by atoms with Crippen molar-refractivity contribution in [1.82, 2.24) is 45.9 Å². The van der Waals surface area contributed by atoms with E-state index in [-0.39, 0.29) is 88.8 Å². The maximum absolute atomic E-state index is 14.2. The summed E-state index contributed by atoms with van der Waals surface area (Å²) in [5.41, 5.74) is 2.89. The van der Waals surface area contributed by atoms with Gasteiger partial charge in [-0.05, 0) is 81.3 Å². The van der Waals surface area contributed by atoms with Crippen LogP contribution < -0.4 is 26.6 Å². The maximum Gasteiger partial charge on any atom is 0.315 e. The minimum Gasteiger partial charge on any atom is -0.390 e. The number of hydrogen-bond acceptors (Lipinski definition) is 13. The summed E-state index contributed by atoms with van der Waals surface area (Å²) in [5.74, 6) is -0.271. The number of thioether (sulfide) groups is 1. The van der Waals surface area contributed by atoms with Gasteiger partial charge in [0.15, 0.2) is 5.78 Å². The highest BCUT2D eigenvalue weighted by Gasteiger charge is 2.42. The third-order valence-corrected chi connectivity index (χ3v) is 19.0. The van der Waals surface area contributed by atoms with Gasteiger partial charge in [-0.3, -0.25) is 19.2 Å². The number of benzene rings is 4. The number of carbonyl (C=O) groups is 5. The molecular weight excluding hydrogens is 1050 g/mol. The van der Waals surface area contributed by atoms with Crippen LogP contribution >= 0.6 is 11.8 Å². The molecule has 5 amide bonds. The lowest BCUT2D eigenvalue weighted by Crippen LogP contribution is -2.47. The Hall–Kier alpha value is -6.46. The first-order valence-electron chi connectivity index (χ1n) is 26.5. The number of aryl methyl sites for hydroxylation is 1. The summed E-state index contributed by atoms with van der Waals surface area (Å²) >= 11 is 1.86. The van der Waals surface area contributed by atoms with Crippen LogP contribution in [0.2, 0.25) is 0 Å². The molecule has 6 atom stereocenters. The van der Waals surface area contributed by atoms with Crippen LogP contribution in [0.4, 0.5) is 4.79 Å². The van der Waals surface area contributed by atoms with E-state index in [2.05, 4.69) is 36.9 Å². The van der Waals surface area contributed by atoms with E-state index in [1.165, 1.54) is 41.2 Å². The number of nitrogens with one attached hydrogen (secondary N) is 5. The van der Waals surface area contributed by atoms with Crippen LogP contribution in [0.5, 0.6) is 0 Å². The molecule has 22 heteroatoms. The number of hydrogen-bond donors (Lipinski definition) is 6. The first-order chi connectivity index (χ1) is 37.3. The van der Waals surface area contributed by atoms with Gasteiger partial charge in [0.1, 0.15) is 11.7 Å². The molecular formula is C56H71N9O10S3. The number of aromatic nitrogens is 3. The van der Waals surface area contributed by atoms with Crippen molar-refractivity contribution in [3.8, 4) is 0 Å². The van der Waals surface area contributed by atoms with Crippen LogP contribution in [0, 0.1) is 12.8 Å². The van der Waals surface area contributed by atoms with E-state index in [0.717, 1.165) is 41.0 Å². The van der Waals surface area contributed by atoms with Crippen molar-refractivity contribution < 1.29 is 45.9 Å². The molecule has 2 aliphatic rings. The Morgan fingerprint density at radius 1 is 0.782 bits per heavy atom. The first-order valence-corrected chi connectivity index (χ1v) is 30.5. The van der Waals surface area contributed by atoms with Crippen molar-refractivity contribution >= 4 is 61.2 Å². The molecule has 0 radical (unpaired) electrons. The Bertz CT molecular complexity index is 3090. The zero-order valence-corrected chi connectivity index (χ0v) is 46.9. The second-order valence-corrected chi connectivity index (χ2v) is 25.6. The molecule has 0 bridgehead atoms. The van der Waals surface area contributed by atoms with Gasteiger partial charge in [-0.1, -0.05) is 110 Å². The molecule has 2 fully saturated rings. The number of unbranched alkanes of at least 4 members (excludes halogenated alkanes) is 3. The molecule has 4 aromatic carbocycles. The van der Waals surface area contributed by atoms with Gasteiger partial charge in [0.25, 0.3) is 0 Å². The predicted molar refractivity (Wildman–Crippen MR) is 297 cm³/mol. The standard InChI is InChI=1S/C56H71N9O10S3/c1-37(2)33-64(78(74,75)46-17-13-16-45(31-46)77(72,73)44-27-21-38(3)22-28-44)35-49(66)39(4)65-34-43(62-63-65)32-58-55(70)47(30-40-23-25-42(26-24-40)54(69)41-14-7-5-8-15-41)59-52(68)20-9-6-12-29-57-51(67)19-11-10-18-50-53-48(36-76-50)60-56(71)61-53/h5,7-8,13-17,21-28,31,34,37,39,47-50,53,66H,6,9-12,18-20,29-30,32-33,35-36H2,1-4H3,(H,57,67)(H,58,70)(H,59,68)(H2,60,61,71)/t39-,47-,48-,49?,50-,53-/m0/s1. The third kappa shape index (κ3) is 16.1. The van der Waals surface area contributed by atoms with Crippen molar-refractivity contribution in [2.45, 2.75) is 142 Å². The molecule has 2 saturated heterocycles. The molecule has 6 N–H and O–H groups in total. The number of aliphatic hydroxyl groups is 1. The molecule has 0 aliphatic carbocycles. The second-order valence-electron chi connectivity index (χ2n) is 20.5. The van der Waals surface area contributed by atoms with Crippen LogP contribution in [0.15, 0.2) is 124 Å². The fraction of sp³-hybridized carbons (Fsp3) is 0.446. The third-order valence-electron chi connectivity index (χ3n) is 13.8. The van der Waals surface area contributed by atoms with Crippen molar-refractivity contribution in [3.05, 3.63) is 137 Å². The van der Waals surface area contributed by atoms with E-state index in [4.69, 9.17) is 0 Å². The quantitative estimate of drug-likeness (QED) is 0.0192. The van der Waals surface area contributed by atoms with Crippen LogP contribution in [0.3, 0.4) is 0 Å². The van der Waals surface area contributed by atoms with Crippen molar-refractivity contribution in [3.63, 3.8) is 0 Å². The number of carbonyl (C=O) groups excluding carboxylic acids is 5. The number of sulfone groups is 1. The van der Waals surface area contributed by atoms with E-state index in [1.54, 1.807) is 67.6 Å². The Morgan fingerprint density at radius 2 is 1.47 bits per heavy atom. The lowest BCUT2D eigenvalue weighted by Gasteiger charge is -2.28. The molecule has 1 unspecified atom stereocenters. The summed E-state index contributed by atoms with van der Waals surface area (Å²) in [5, 5.41) is 34.9. The van der Waals surface area contributed by atoms with E-state index >= 15 is 0 Å². The Kier molecular flexibility index (Phi) is 20.8. The van der Waals surface area contributed by atoms with Crippen LogP contribution in [-0.4, -0.2) is 126 Å². The molecule has 19 nitrogen and oxygen atoms in total. The fourth-order valence-electron chi connectivity index (χ4n) is 9.35. The fourth-order valence-corrected chi connectivity index (χ4v) is 13.9. The highest BCUT2D eigenvalue weighted by Crippen LogP contribution is 2.33. The van der Waals surface area contributed by atoms with Gasteiger partial charge in [0, 0.05) is 61.0 Å². The largest absolute Gasteiger partial charge is 0.390 e. The SMILES string of the molecule is Cc1ccc(S(=O)(=O)c2cccc(S(=O)(=O)N(CC(C)C)CC(O)[C@H](C)n3cc(CNC(=O)[C@H](Cc4ccc(C(=O)c5ccccc5)cc4)NC(=O)CCCCCNC(=O)CCCC[C@@H]4SC[C@@H]5NC(=O)N[C@@H]54)nn3)c2)cc1. The molecule has 2 aliphatic heterocycles. The maximum atomic E-state index is 14.2. The Labute approximate surface area is 461 Å². The van der Waals surface area contributed by atoms with Crippen molar-refractivity contribution in [2.75, 3.05) is 25.4 Å². The first kappa shape index (κ1) is 59.2. The van der Waals surface area contributed by atoms with Gasteiger partial charge in [-0.25, -0.2) is 26.3 Å². The lowest BCUT2D eigenvalue weighted by molar-refractivity contribution is -0.129. The van der Waals surface area contributed by atoms with Crippen LogP contribution in [0.1, 0.15) is 111 Å². The van der Waals surface area contributed by atoms with Crippen molar-refractivity contribution in [1.29, 1.82) is 0 Å². The summed E-state index contributed by atoms with van der Waals surface area (Å²) in [7, 11) is -8.36. The number of amides is 5. The topological polar surface area (TPSA) is 268 Å². The van der Waals surface area contributed by atoms with E-state index in [0.29, 0.717) is 59.9 Å². The van der Waals surface area contributed by atoms with Crippen LogP contribution in [-0.2, 0) is 47.2 Å². The average molecular weight is 1130 g/mol. The summed E-state index contributed by atoms with van der Waals surface area (Å²) < 4.78 is 57.9. The summed E-state index contributed by atoms with van der Waals surface area (Å²) in [6.07, 6.45) is 5.37. The van der Waals surface area contributed by atoms with E-state index in [1.807, 2.05) is 38.6 Å². The number of nitrogens with zero attached hydrogens (tertiary/aromatic N) is 4. The molecule has 0 saturated carbocycles. The van der Waals surface area contributed by atoms with Crippen LogP contribution in [0.25, 0.3) is 0 Å². The van der Waals surface area contributed by atoms with Gasteiger partial charge in [-0.15, -0.1) is 5.10 Å². The predicted octanol–water partition coefficient (Wildman–Crippen LogP) is 5.67. The number of urea groups is 1. The van der Waals surface area contributed by atoms with Gasteiger partial charge >= 0.3 is 6.03 Å². The number of rotatable bonds is 29. The molecule has 78 heavy (non-hydrogen) atoms. The minimum atomic E-state index is -4.32. The molecule has 3 heterocycles. The Balaban J connectivity index is 0.916. The second kappa shape index (κ2) is 27.4. The molecule has 5 aromatic rings. The highest BCUT2D eigenvalue weighted by molar-refractivity contribution is 8.00. The molecule has 418 valence electrons.